The lowest BCUT2D eigenvalue weighted by molar-refractivity contribution is 0.0981. The summed E-state index contributed by atoms with van der Waals surface area (Å²) in [7, 11) is 2.13. The normalized spacial score (nSPS) is 15.9. The van der Waals surface area contributed by atoms with Crippen LogP contribution in [0.1, 0.15) is 31.8 Å². The fourth-order valence-corrected chi connectivity index (χ4v) is 5.18. The minimum atomic E-state index is -0.616. The molecule has 0 atom stereocenters. The van der Waals surface area contributed by atoms with Crippen LogP contribution >= 0.6 is 11.6 Å². The van der Waals surface area contributed by atoms with Gasteiger partial charge in [0.2, 0.25) is 5.91 Å². The van der Waals surface area contributed by atoms with E-state index in [1.54, 1.807) is 24.3 Å². The predicted octanol–water partition coefficient (Wildman–Crippen LogP) is 4.12. The van der Waals surface area contributed by atoms with E-state index in [0.29, 0.717) is 23.4 Å². The molecule has 0 bridgehead atoms. The summed E-state index contributed by atoms with van der Waals surface area (Å²) in [5, 5.41) is 0.747. The summed E-state index contributed by atoms with van der Waals surface area (Å²) in [6.45, 7) is 4.46. The van der Waals surface area contributed by atoms with Gasteiger partial charge in [-0.2, -0.15) is 0 Å². The Hall–Kier alpha value is -3.35. The first-order chi connectivity index (χ1) is 16.4. The Morgan fingerprint density at radius 3 is 2.29 bits per heavy atom. The zero-order valence-corrected chi connectivity index (χ0v) is 19.9. The first-order valence-electron chi connectivity index (χ1n) is 11.5. The highest BCUT2D eigenvalue weighted by Crippen LogP contribution is 2.42. The van der Waals surface area contributed by atoms with E-state index in [1.807, 2.05) is 30.3 Å². The number of benzene rings is 3. The first kappa shape index (κ1) is 22.4. The number of hydrogen-bond acceptors (Lipinski definition) is 5. The number of carbonyl (C=O) groups is 2. The predicted molar refractivity (Wildman–Crippen MR) is 137 cm³/mol. The molecule has 1 fully saturated rings. The molecule has 2 heterocycles. The van der Waals surface area contributed by atoms with Gasteiger partial charge in [-0.05, 0) is 43.3 Å². The second-order valence-electron chi connectivity index (χ2n) is 8.88. The average Bonchev–Trinajstić information content (AvgIpc) is 3.26. The fourth-order valence-electron chi connectivity index (χ4n) is 4.88. The van der Waals surface area contributed by atoms with E-state index < -0.39 is 5.91 Å². The molecule has 7 heteroatoms. The molecule has 2 N–H and O–H groups in total. The van der Waals surface area contributed by atoms with Gasteiger partial charge in [-0.3, -0.25) is 9.59 Å². The number of piperazine rings is 1. The van der Waals surface area contributed by atoms with E-state index in [2.05, 4.69) is 27.8 Å². The SMILES string of the molecule is CN1CCN(c2cc3c(cc2Cl)CCN3c2cccc(C(N)=O)c2C(=O)c2ccccc2)CC1. The van der Waals surface area contributed by atoms with E-state index in [1.165, 1.54) is 0 Å². The van der Waals surface area contributed by atoms with Crippen molar-refractivity contribution in [2.24, 2.45) is 5.73 Å². The summed E-state index contributed by atoms with van der Waals surface area (Å²) in [5.41, 5.74) is 10.6. The van der Waals surface area contributed by atoms with Gasteiger partial charge in [0.05, 0.1) is 27.5 Å². The molecule has 1 saturated heterocycles. The van der Waals surface area contributed by atoms with Crippen LogP contribution in [0.3, 0.4) is 0 Å². The van der Waals surface area contributed by atoms with Crippen molar-refractivity contribution < 1.29 is 9.59 Å². The van der Waals surface area contributed by atoms with Crippen LogP contribution in [-0.4, -0.2) is 56.4 Å². The molecule has 0 saturated carbocycles. The van der Waals surface area contributed by atoms with Crippen LogP contribution in [0.25, 0.3) is 0 Å². The third-order valence-electron chi connectivity index (χ3n) is 6.75. The lowest BCUT2D eigenvalue weighted by Gasteiger charge is -2.35. The number of carbonyl (C=O) groups excluding carboxylic acids is 2. The minimum Gasteiger partial charge on any atom is -0.368 e. The van der Waals surface area contributed by atoms with Crippen molar-refractivity contribution >= 4 is 40.4 Å². The summed E-state index contributed by atoms with van der Waals surface area (Å²) < 4.78 is 0. The maximum Gasteiger partial charge on any atom is 0.249 e. The molecule has 0 aliphatic carbocycles. The van der Waals surface area contributed by atoms with Crippen molar-refractivity contribution in [1.82, 2.24) is 4.90 Å². The van der Waals surface area contributed by atoms with Gasteiger partial charge in [0, 0.05) is 44.0 Å². The number of nitrogens with zero attached hydrogens (tertiary/aromatic N) is 3. The number of fused-ring (bicyclic) bond motifs is 1. The zero-order valence-electron chi connectivity index (χ0n) is 19.1. The molecule has 6 nitrogen and oxygen atoms in total. The summed E-state index contributed by atoms with van der Waals surface area (Å²) in [6.07, 6.45) is 0.803. The molecule has 2 aliphatic rings. The Morgan fingerprint density at radius 2 is 1.59 bits per heavy atom. The molecule has 1 amide bonds. The van der Waals surface area contributed by atoms with Crippen LogP contribution in [0.2, 0.25) is 5.02 Å². The van der Waals surface area contributed by atoms with Crippen molar-refractivity contribution in [2.75, 3.05) is 49.6 Å². The number of ketones is 1. The standard InChI is InChI=1S/C27H27ClN4O2/c1-30-12-14-31(15-13-30)24-17-23-19(16-21(24)28)10-11-32(23)22-9-5-8-20(27(29)34)25(22)26(33)18-6-3-2-4-7-18/h2-9,16-17H,10-15H2,1H3,(H2,29,34). The number of halogens is 1. The molecule has 5 rings (SSSR count). The molecule has 34 heavy (non-hydrogen) atoms. The van der Waals surface area contributed by atoms with Gasteiger partial charge in [0.15, 0.2) is 5.78 Å². The van der Waals surface area contributed by atoms with E-state index in [-0.39, 0.29) is 11.3 Å². The third-order valence-corrected chi connectivity index (χ3v) is 7.05. The third kappa shape index (κ3) is 4.04. The molecule has 3 aromatic rings. The van der Waals surface area contributed by atoms with Crippen LogP contribution in [-0.2, 0) is 6.42 Å². The van der Waals surface area contributed by atoms with Crippen LogP contribution in [0.4, 0.5) is 17.1 Å². The van der Waals surface area contributed by atoms with Crippen molar-refractivity contribution in [3.63, 3.8) is 0 Å². The number of hydrogen-bond donors (Lipinski definition) is 1. The molecule has 2 aliphatic heterocycles. The fraction of sp³-hybridized carbons (Fsp3) is 0.259. The number of amides is 1. The second-order valence-corrected chi connectivity index (χ2v) is 9.29. The molecule has 174 valence electrons. The quantitative estimate of drug-likeness (QED) is 0.563. The Labute approximate surface area is 204 Å². The number of primary amides is 1. The van der Waals surface area contributed by atoms with Gasteiger partial charge in [0.1, 0.15) is 0 Å². The second kappa shape index (κ2) is 9.12. The molecule has 0 radical (unpaired) electrons. The minimum absolute atomic E-state index is 0.216. The monoisotopic (exact) mass is 474 g/mol. The largest absolute Gasteiger partial charge is 0.368 e. The highest BCUT2D eigenvalue weighted by atomic mass is 35.5. The van der Waals surface area contributed by atoms with Crippen LogP contribution in [0.5, 0.6) is 0 Å². The van der Waals surface area contributed by atoms with E-state index in [9.17, 15) is 9.59 Å². The Balaban J connectivity index is 1.60. The number of anilines is 3. The Morgan fingerprint density at radius 1 is 0.853 bits per heavy atom. The molecule has 0 spiro atoms. The first-order valence-corrected chi connectivity index (χ1v) is 11.9. The van der Waals surface area contributed by atoms with E-state index in [0.717, 1.165) is 54.6 Å². The number of likely N-dealkylation sites (N-methyl/N-ethyl adjacent to an activating group) is 1. The molecular weight excluding hydrogens is 448 g/mol. The molecular formula is C27H27ClN4O2. The summed E-state index contributed by atoms with van der Waals surface area (Å²) in [4.78, 5) is 32.7. The van der Waals surface area contributed by atoms with Crippen LogP contribution in [0, 0.1) is 0 Å². The lowest BCUT2D eigenvalue weighted by atomic mass is 9.95. The van der Waals surface area contributed by atoms with Crippen molar-refractivity contribution in [2.45, 2.75) is 6.42 Å². The molecule has 3 aromatic carbocycles. The molecule has 0 aromatic heterocycles. The van der Waals surface area contributed by atoms with Crippen molar-refractivity contribution in [3.05, 3.63) is 87.9 Å². The highest BCUT2D eigenvalue weighted by molar-refractivity contribution is 6.33. The zero-order chi connectivity index (χ0) is 23.8. The highest BCUT2D eigenvalue weighted by Gasteiger charge is 2.30. The maximum atomic E-state index is 13.6. The van der Waals surface area contributed by atoms with E-state index >= 15 is 0 Å². The summed E-state index contributed by atoms with van der Waals surface area (Å²) >= 11 is 6.71. The topological polar surface area (TPSA) is 69.9 Å². The Kier molecular flexibility index (Phi) is 6.02. The van der Waals surface area contributed by atoms with Gasteiger partial charge >= 0.3 is 0 Å². The number of nitrogens with two attached hydrogens (primary N) is 1. The van der Waals surface area contributed by atoms with Crippen LogP contribution < -0.4 is 15.5 Å². The average molecular weight is 475 g/mol. The smallest absolute Gasteiger partial charge is 0.249 e. The van der Waals surface area contributed by atoms with Crippen molar-refractivity contribution in [3.8, 4) is 0 Å². The lowest BCUT2D eigenvalue weighted by Crippen LogP contribution is -2.44. The summed E-state index contributed by atoms with van der Waals surface area (Å²) in [6, 6.07) is 18.5. The van der Waals surface area contributed by atoms with Gasteiger partial charge in [0.25, 0.3) is 0 Å². The number of rotatable bonds is 5. The molecule has 0 unspecified atom stereocenters. The van der Waals surface area contributed by atoms with Gasteiger partial charge in [-0.15, -0.1) is 0 Å². The van der Waals surface area contributed by atoms with Gasteiger partial charge in [-0.1, -0.05) is 48.0 Å². The van der Waals surface area contributed by atoms with E-state index in [4.69, 9.17) is 17.3 Å². The Bertz CT molecular complexity index is 1250. The maximum absolute atomic E-state index is 13.6. The van der Waals surface area contributed by atoms with Crippen LogP contribution in [0.15, 0.2) is 60.7 Å². The summed E-state index contributed by atoms with van der Waals surface area (Å²) in [5.74, 6) is -0.832. The van der Waals surface area contributed by atoms with Crippen molar-refractivity contribution in [1.29, 1.82) is 0 Å². The van der Waals surface area contributed by atoms with Gasteiger partial charge in [-0.25, -0.2) is 0 Å². The van der Waals surface area contributed by atoms with Gasteiger partial charge < -0.3 is 20.4 Å².